The van der Waals surface area contributed by atoms with Crippen molar-refractivity contribution in [3.63, 3.8) is 0 Å². The summed E-state index contributed by atoms with van der Waals surface area (Å²) < 4.78 is 28.4. The van der Waals surface area contributed by atoms with Gasteiger partial charge in [0.25, 0.3) is 10.0 Å². The second-order valence-electron chi connectivity index (χ2n) is 7.14. The normalized spacial score (nSPS) is 11.3. The summed E-state index contributed by atoms with van der Waals surface area (Å²) in [4.78, 5) is 0.180. The van der Waals surface area contributed by atoms with Gasteiger partial charge in [0.15, 0.2) is 0 Å². The average molecular weight is 416 g/mol. The molecule has 0 atom stereocenters. The van der Waals surface area contributed by atoms with Crippen molar-refractivity contribution in [1.29, 1.82) is 0 Å². The molecule has 0 aromatic heterocycles. The largest absolute Gasteiger partial charge is 0.508 e. The van der Waals surface area contributed by atoms with Crippen LogP contribution < -0.4 is 15.5 Å². The molecule has 0 amide bonds. The van der Waals surface area contributed by atoms with Crippen LogP contribution >= 0.6 is 0 Å². The summed E-state index contributed by atoms with van der Waals surface area (Å²) in [7, 11) is -1.80. The molecule has 0 aliphatic rings. The van der Waals surface area contributed by atoms with Crippen LogP contribution in [-0.4, -0.2) is 21.4 Å². The molecule has 0 unspecified atom stereocenters. The number of hydrogen-bond acceptors (Lipinski definition) is 4. The van der Waals surface area contributed by atoms with E-state index in [4.69, 9.17) is 0 Å². The predicted octanol–water partition coefficient (Wildman–Crippen LogP) is 3.22. The number of rotatable bonds is 6. The third-order valence-electron chi connectivity index (χ3n) is 4.92. The molecule has 0 saturated heterocycles. The zero-order valence-corrected chi connectivity index (χ0v) is 17.3. The summed E-state index contributed by atoms with van der Waals surface area (Å²) in [5.41, 5.74) is 3.07. The van der Waals surface area contributed by atoms with Crippen molar-refractivity contribution in [3.05, 3.63) is 90.5 Å². The van der Waals surface area contributed by atoms with Crippen LogP contribution in [0.2, 0.25) is 0 Å². The monoisotopic (exact) mass is 416 g/mol. The van der Waals surface area contributed by atoms with E-state index < -0.39 is 10.0 Å². The summed E-state index contributed by atoms with van der Waals surface area (Å²) >= 11 is 0. The van der Waals surface area contributed by atoms with E-state index in [1.54, 1.807) is 36.4 Å². The van der Waals surface area contributed by atoms with Crippen LogP contribution in [0, 0.1) is 0 Å². The quantitative estimate of drug-likeness (QED) is 0.422. The summed E-state index contributed by atoms with van der Waals surface area (Å²) in [5, 5.41) is 15.0. The lowest BCUT2D eigenvalue weighted by Crippen LogP contribution is -2.13. The Morgan fingerprint density at radius 2 is 1.60 bits per heavy atom. The molecule has 5 nitrogen and oxygen atoms in total. The summed E-state index contributed by atoms with van der Waals surface area (Å²) in [6, 6.07) is 25.2. The van der Waals surface area contributed by atoms with E-state index in [2.05, 4.69) is 10.0 Å². The van der Waals surface area contributed by atoms with Gasteiger partial charge in [-0.2, -0.15) is 0 Å². The average Bonchev–Trinajstić information content (AvgIpc) is 2.73. The van der Waals surface area contributed by atoms with Crippen molar-refractivity contribution in [3.8, 4) is 5.75 Å². The summed E-state index contributed by atoms with van der Waals surface area (Å²) in [6.45, 7) is 0.437. The Morgan fingerprint density at radius 3 is 2.37 bits per heavy atom. The number of phenolic OH excluding ortho intramolecular Hbond substituents is 1. The SMILES string of the molecule is Bc1ccc(CNc2ccc(S(=O)(=O)Nc3cccc4ccccc34)cc2)c(O)c1. The molecule has 30 heavy (non-hydrogen) atoms. The minimum absolute atomic E-state index is 0.180. The second kappa shape index (κ2) is 8.12. The number of fused-ring (bicyclic) bond motifs is 1. The van der Waals surface area contributed by atoms with Gasteiger partial charge in [0.05, 0.1) is 10.6 Å². The molecule has 0 radical (unpaired) electrons. The van der Waals surface area contributed by atoms with Crippen molar-refractivity contribution in [1.82, 2.24) is 0 Å². The number of sulfonamides is 1. The molecule has 0 aliphatic heterocycles. The smallest absolute Gasteiger partial charge is 0.261 e. The first-order valence-corrected chi connectivity index (χ1v) is 11.0. The molecule has 0 bridgehead atoms. The van der Waals surface area contributed by atoms with E-state index in [1.807, 2.05) is 56.4 Å². The van der Waals surface area contributed by atoms with Gasteiger partial charge in [-0.1, -0.05) is 54.0 Å². The maximum Gasteiger partial charge on any atom is 0.261 e. The minimum atomic E-state index is -3.72. The molecular formula is C23H21BN2O3S. The van der Waals surface area contributed by atoms with Crippen LogP contribution in [0.25, 0.3) is 10.8 Å². The van der Waals surface area contributed by atoms with Crippen molar-refractivity contribution >= 4 is 45.5 Å². The van der Waals surface area contributed by atoms with E-state index in [9.17, 15) is 13.5 Å². The molecule has 150 valence electrons. The molecule has 0 saturated carbocycles. The first-order valence-electron chi connectivity index (χ1n) is 9.55. The molecule has 4 aromatic carbocycles. The van der Waals surface area contributed by atoms with Gasteiger partial charge >= 0.3 is 0 Å². The maximum atomic E-state index is 12.8. The first-order chi connectivity index (χ1) is 14.4. The predicted molar refractivity (Wildman–Crippen MR) is 125 cm³/mol. The van der Waals surface area contributed by atoms with E-state index in [0.717, 1.165) is 27.5 Å². The van der Waals surface area contributed by atoms with Crippen LogP contribution in [0.5, 0.6) is 5.75 Å². The van der Waals surface area contributed by atoms with Gasteiger partial charge in [-0.25, -0.2) is 8.42 Å². The molecule has 4 aromatic rings. The van der Waals surface area contributed by atoms with Crippen molar-refractivity contribution in [2.24, 2.45) is 0 Å². The molecule has 3 N–H and O–H groups in total. The van der Waals surface area contributed by atoms with Gasteiger partial charge in [-0.15, -0.1) is 0 Å². The van der Waals surface area contributed by atoms with Gasteiger partial charge < -0.3 is 10.4 Å². The van der Waals surface area contributed by atoms with E-state index in [-0.39, 0.29) is 10.6 Å². The zero-order valence-electron chi connectivity index (χ0n) is 16.5. The first kappa shape index (κ1) is 19.9. The number of phenols is 1. The third kappa shape index (κ3) is 4.26. The molecular weight excluding hydrogens is 395 g/mol. The Hall–Kier alpha value is -3.45. The Kier molecular flexibility index (Phi) is 5.38. The second-order valence-corrected chi connectivity index (χ2v) is 8.82. The highest BCUT2D eigenvalue weighted by Gasteiger charge is 2.15. The minimum Gasteiger partial charge on any atom is -0.508 e. The van der Waals surface area contributed by atoms with Gasteiger partial charge in [0.2, 0.25) is 0 Å². The lowest BCUT2D eigenvalue weighted by Gasteiger charge is -2.12. The fourth-order valence-corrected chi connectivity index (χ4v) is 4.37. The van der Waals surface area contributed by atoms with E-state index in [0.29, 0.717) is 12.2 Å². The fraction of sp³-hybridized carbons (Fsp3) is 0.0435. The van der Waals surface area contributed by atoms with Gasteiger partial charge in [-0.05, 0) is 41.8 Å². The zero-order chi connectivity index (χ0) is 21.1. The Balaban J connectivity index is 1.50. The van der Waals surface area contributed by atoms with Crippen LogP contribution in [0.1, 0.15) is 5.56 Å². The number of anilines is 2. The summed E-state index contributed by atoms with van der Waals surface area (Å²) in [5.74, 6) is 0.237. The van der Waals surface area contributed by atoms with Gasteiger partial charge in [-0.3, -0.25) is 4.72 Å². The third-order valence-corrected chi connectivity index (χ3v) is 6.30. The standard InChI is InChI=1S/C23H21BN2O3S/c24-18-9-8-17(23(27)14-18)15-25-19-10-12-20(13-11-19)30(28,29)26-22-7-3-5-16-4-1-2-6-21(16)22/h1-14,25-27H,15,24H2. The number of aromatic hydroxyl groups is 1. The molecule has 0 fully saturated rings. The highest BCUT2D eigenvalue weighted by atomic mass is 32.2. The Labute approximate surface area is 176 Å². The topological polar surface area (TPSA) is 78.4 Å². The van der Waals surface area contributed by atoms with Crippen molar-refractivity contribution in [2.75, 3.05) is 10.0 Å². The van der Waals surface area contributed by atoms with E-state index in [1.165, 1.54) is 0 Å². The van der Waals surface area contributed by atoms with Crippen molar-refractivity contribution in [2.45, 2.75) is 11.4 Å². The number of nitrogens with one attached hydrogen (secondary N) is 2. The van der Waals surface area contributed by atoms with Crippen molar-refractivity contribution < 1.29 is 13.5 Å². The van der Waals surface area contributed by atoms with E-state index >= 15 is 0 Å². The van der Waals surface area contributed by atoms with Crippen LogP contribution in [-0.2, 0) is 16.6 Å². The fourth-order valence-electron chi connectivity index (χ4n) is 3.29. The summed E-state index contributed by atoms with van der Waals surface area (Å²) in [6.07, 6.45) is 0. The lowest BCUT2D eigenvalue weighted by atomic mass is 9.94. The molecule has 0 spiro atoms. The maximum absolute atomic E-state index is 12.8. The van der Waals surface area contributed by atoms with Gasteiger partial charge in [0, 0.05) is 23.2 Å². The molecule has 4 rings (SSSR count). The molecule has 0 heterocycles. The van der Waals surface area contributed by atoms with Crippen LogP contribution in [0.4, 0.5) is 11.4 Å². The highest BCUT2D eigenvalue weighted by molar-refractivity contribution is 7.92. The highest BCUT2D eigenvalue weighted by Crippen LogP contribution is 2.26. The molecule has 0 aliphatic carbocycles. The molecule has 7 heteroatoms. The number of benzene rings is 4. The van der Waals surface area contributed by atoms with Gasteiger partial charge in [0.1, 0.15) is 13.6 Å². The van der Waals surface area contributed by atoms with Crippen LogP contribution in [0.3, 0.4) is 0 Å². The lowest BCUT2D eigenvalue weighted by molar-refractivity contribution is 0.469. The number of hydrogen-bond donors (Lipinski definition) is 3. The van der Waals surface area contributed by atoms with Crippen LogP contribution in [0.15, 0.2) is 89.8 Å². The Bertz CT molecular complexity index is 1300. The Morgan fingerprint density at radius 1 is 0.867 bits per heavy atom.